The Bertz CT molecular complexity index is 1620. The molecule has 0 saturated heterocycles. The molecule has 0 bridgehead atoms. The lowest BCUT2D eigenvalue weighted by atomic mass is 10.0. The monoisotopic (exact) mass is 1040 g/mol. The molecule has 0 fully saturated rings. The molecule has 75 heavy (non-hydrogen) atoms. The van der Waals surface area contributed by atoms with Crippen molar-refractivity contribution in [1.82, 2.24) is 0 Å². The first-order chi connectivity index (χ1) is 37.0. The molecular formula is C69H112O6. The Hall–Kier alpha value is -4.45. The van der Waals surface area contributed by atoms with Crippen LogP contribution in [0.25, 0.3) is 0 Å². The summed E-state index contributed by atoms with van der Waals surface area (Å²) in [4.78, 5) is 38.2. The number of carbonyl (C=O) groups excluding carboxylic acids is 3. The zero-order valence-corrected chi connectivity index (χ0v) is 48.5. The predicted molar refractivity (Wildman–Crippen MR) is 325 cm³/mol. The molecule has 0 heterocycles. The molecule has 0 spiro atoms. The third-order valence-corrected chi connectivity index (χ3v) is 12.6. The summed E-state index contributed by atoms with van der Waals surface area (Å²) in [7, 11) is 0. The maximum absolute atomic E-state index is 12.9. The number of esters is 3. The van der Waals surface area contributed by atoms with Gasteiger partial charge in [-0.1, -0.05) is 251 Å². The van der Waals surface area contributed by atoms with Gasteiger partial charge in [0, 0.05) is 19.3 Å². The highest BCUT2D eigenvalue weighted by molar-refractivity contribution is 5.71. The first kappa shape index (κ1) is 70.5. The smallest absolute Gasteiger partial charge is 0.306 e. The van der Waals surface area contributed by atoms with E-state index in [0.29, 0.717) is 12.8 Å². The van der Waals surface area contributed by atoms with E-state index in [4.69, 9.17) is 14.2 Å². The fourth-order valence-electron chi connectivity index (χ4n) is 8.09. The maximum Gasteiger partial charge on any atom is 0.306 e. The van der Waals surface area contributed by atoms with Gasteiger partial charge in [0.1, 0.15) is 13.2 Å². The fourth-order valence-corrected chi connectivity index (χ4v) is 8.09. The van der Waals surface area contributed by atoms with Gasteiger partial charge < -0.3 is 14.2 Å². The summed E-state index contributed by atoms with van der Waals surface area (Å²) < 4.78 is 16.9. The van der Waals surface area contributed by atoms with Crippen LogP contribution in [0.1, 0.15) is 265 Å². The average molecular weight is 1040 g/mol. The topological polar surface area (TPSA) is 78.9 Å². The summed E-state index contributed by atoms with van der Waals surface area (Å²) in [6, 6.07) is 0. The number of ether oxygens (including phenoxy) is 3. The SMILES string of the molecule is CC/C=C\C/C=C\C/C=C\C/C=C\C/C=C\CCCCCC(=O)OC(COC(=O)CCCCCCC/C=C\C/C=C\CCC)COC(=O)CCCCCCCCCCCCCC/C=C\C/C=C\C/C=C\C/C=C\CC. The molecule has 0 aromatic rings. The van der Waals surface area contributed by atoms with Crippen LogP contribution >= 0.6 is 0 Å². The molecule has 0 aromatic carbocycles. The number of unbranched alkanes of at least 4 members (excludes halogenated alkanes) is 21. The van der Waals surface area contributed by atoms with Gasteiger partial charge in [-0.25, -0.2) is 0 Å². The first-order valence-electron chi connectivity index (χ1n) is 30.7. The molecule has 6 nitrogen and oxygen atoms in total. The number of hydrogen-bond donors (Lipinski definition) is 0. The molecule has 0 aliphatic heterocycles. The van der Waals surface area contributed by atoms with Crippen LogP contribution in [0.3, 0.4) is 0 Å². The van der Waals surface area contributed by atoms with Crippen LogP contribution in [0, 0.1) is 0 Å². The Morgan fingerprint density at radius 3 is 0.827 bits per heavy atom. The van der Waals surface area contributed by atoms with Gasteiger partial charge in [0.05, 0.1) is 0 Å². The van der Waals surface area contributed by atoms with Crippen LogP contribution in [-0.2, 0) is 28.6 Å². The van der Waals surface area contributed by atoms with E-state index in [1.54, 1.807) is 0 Å². The Morgan fingerprint density at radius 2 is 0.520 bits per heavy atom. The summed E-state index contributed by atoms with van der Waals surface area (Å²) >= 11 is 0. The lowest BCUT2D eigenvalue weighted by molar-refractivity contribution is -0.167. The van der Waals surface area contributed by atoms with Crippen LogP contribution in [0.4, 0.5) is 0 Å². The molecule has 424 valence electrons. The van der Waals surface area contributed by atoms with E-state index < -0.39 is 6.10 Å². The summed E-state index contributed by atoms with van der Waals surface area (Å²) in [6.45, 7) is 6.31. The van der Waals surface area contributed by atoms with Gasteiger partial charge in [0.2, 0.25) is 0 Å². The van der Waals surface area contributed by atoms with Gasteiger partial charge in [0.25, 0.3) is 0 Å². The lowest BCUT2D eigenvalue weighted by Crippen LogP contribution is -2.30. The van der Waals surface area contributed by atoms with Gasteiger partial charge >= 0.3 is 17.9 Å². The lowest BCUT2D eigenvalue weighted by Gasteiger charge is -2.18. The standard InChI is InChI=1S/C69H112O6/c1-4-7-10-13-16-19-22-25-27-29-31-32-33-34-35-36-38-39-41-44-47-50-53-56-59-62-68(71)74-65-66(64-73-67(70)61-58-55-52-49-46-43-24-21-18-15-12-9-6-3)75-69(72)63-60-57-54-51-48-45-42-40-37-30-28-26-23-20-17-14-11-8-5-2/h7-8,10-12,15-17,19-21,24-28,31-32,37,40,45,48,66H,4-6,9,13-14,18,22-23,29-30,33-36,38-39,41-44,46-47,49-65H2,1-3H3/b10-7-,11-8-,15-12-,19-16-,20-17-,24-21-,27-25-,28-26-,32-31-,40-37-,48-45-. The quantitative estimate of drug-likeness (QED) is 0.0261. The zero-order chi connectivity index (χ0) is 54.3. The van der Waals surface area contributed by atoms with Crippen molar-refractivity contribution in [1.29, 1.82) is 0 Å². The summed E-state index contributed by atoms with van der Waals surface area (Å²) in [5.74, 6) is -0.950. The van der Waals surface area contributed by atoms with E-state index in [2.05, 4.69) is 154 Å². The predicted octanol–water partition coefficient (Wildman–Crippen LogP) is 21.0. The van der Waals surface area contributed by atoms with E-state index in [1.807, 2.05) is 0 Å². The fraction of sp³-hybridized carbons (Fsp3) is 0.638. The maximum atomic E-state index is 12.9. The summed E-state index contributed by atoms with van der Waals surface area (Å²) in [5.41, 5.74) is 0. The second-order valence-corrected chi connectivity index (χ2v) is 19.8. The van der Waals surface area contributed by atoms with E-state index in [1.165, 1.54) is 70.6 Å². The van der Waals surface area contributed by atoms with Crippen molar-refractivity contribution in [2.24, 2.45) is 0 Å². The van der Waals surface area contributed by atoms with Crippen LogP contribution in [0.5, 0.6) is 0 Å². The van der Waals surface area contributed by atoms with Crippen molar-refractivity contribution >= 4 is 17.9 Å². The minimum absolute atomic E-state index is 0.101. The summed E-state index contributed by atoms with van der Waals surface area (Å²) in [5, 5.41) is 0. The molecule has 1 atom stereocenters. The van der Waals surface area contributed by atoms with E-state index in [-0.39, 0.29) is 37.5 Å². The Kier molecular flexibility index (Phi) is 58.4. The molecule has 0 radical (unpaired) electrons. The van der Waals surface area contributed by atoms with Crippen molar-refractivity contribution in [2.45, 2.75) is 271 Å². The van der Waals surface area contributed by atoms with E-state index in [0.717, 1.165) is 154 Å². The van der Waals surface area contributed by atoms with Crippen LogP contribution < -0.4 is 0 Å². The highest BCUT2D eigenvalue weighted by Crippen LogP contribution is 2.15. The van der Waals surface area contributed by atoms with Gasteiger partial charge in [0.15, 0.2) is 6.10 Å². The van der Waals surface area contributed by atoms with Gasteiger partial charge in [-0.2, -0.15) is 0 Å². The molecule has 6 heteroatoms. The van der Waals surface area contributed by atoms with Crippen LogP contribution in [0.15, 0.2) is 134 Å². The minimum Gasteiger partial charge on any atom is -0.462 e. The van der Waals surface area contributed by atoms with E-state index in [9.17, 15) is 14.4 Å². The molecule has 0 aromatic heterocycles. The highest BCUT2D eigenvalue weighted by Gasteiger charge is 2.19. The number of rotatable bonds is 54. The minimum atomic E-state index is -0.807. The van der Waals surface area contributed by atoms with Crippen molar-refractivity contribution in [3.8, 4) is 0 Å². The van der Waals surface area contributed by atoms with Gasteiger partial charge in [-0.3, -0.25) is 14.4 Å². The second kappa shape index (κ2) is 62.1. The third kappa shape index (κ3) is 60.3. The van der Waals surface area contributed by atoms with Crippen LogP contribution in [0.2, 0.25) is 0 Å². The third-order valence-electron chi connectivity index (χ3n) is 12.6. The van der Waals surface area contributed by atoms with Gasteiger partial charge in [-0.05, 0) is 128 Å². The molecule has 0 aliphatic carbocycles. The molecule has 1 unspecified atom stereocenters. The van der Waals surface area contributed by atoms with Crippen molar-refractivity contribution < 1.29 is 28.6 Å². The van der Waals surface area contributed by atoms with E-state index >= 15 is 0 Å². The zero-order valence-electron chi connectivity index (χ0n) is 48.5. The van der Waals surface area contributed by atoms with Gasteiger partial charge in [-0.15, -0.1) is 0 Å². The highest BCUT2D eigenvalue weighted by atomic mass is 16.6. The number of hydrogen-bond acceptors (Lipinski definition) is 6. The molecule has 0 rings (SSSR count). The molecule has 0 aliphatic rings. The molecule has 0 N–H and O–H groups in total. The normalized spacial score (nSPS) is 13.1. The number of allylic oxidation sites excluding steroid dienone is 22. The second-order valence-electron chi connectivity index (χ2n) is 19.8. The Morgan fingerprint density at radius 1 is 0.280 bits per heavy atom. The summed E-state index contributed by atoms with van der Waals surface area (Å²) in [6.07, 6.45) is 87.4. The first-order valence-corrected chi connectivity index (χ1v) is 30.7. The average Bonchev–Trinajstić information content (AvgIpc) is 3.41. The molecule has 0 amide bonds. The molecule has 0 saturated carbocycles. The van der Waals surface area contributed by atoms with Crippen molar-refractivity contribution in [3.05, 3.63) is 134 Å². The Labute approximate surface area is 462 Å². The number of carbonyl (C=O) groups is 3. The van der Waals surface area contributed by atoms with Crippen molar-refractivity contribution in [2.75, 3.05) is 13.2 Å². The Balaban J connectivity index is 4.39. The largest absolute Gasteiger partial charge is 0.462 e. The molecular weight excluding hydrogens is 925 g/mol. The van der Waals surface area contributed by atoms with Crippen molar-refractivity contribution in [3.63, 3.8) is 0 Å². The van der Waals surface area contributed by atoms with Crippen LogP contribution in [-0.4, -0.2) is 37.2 Å².